The molecule has 102 valence electrons. The number of carboxylic acids is 1. The van der Waals surface area contributed by atoms with Gasteiger partial charge in [-0.15, -0.1) is 11.3 Å². The Morgan fingerprint density at radius 3 is 2.90 bits per heavy atom. The summed E-state index contributed by atoms with van der Waals surface area (Å²) in [5.41, 5.74) is 0.718. The molecule has 0 aliphatic heterocycles. The minimum absolute atomic E-state index is 0.0279. The maximum absolute atomic E-state index is 11.2. The number of carbonyl (C=O) groups excluding carboxylic acids is 1. The van der Waals surface area contributed by atoms with Crippen molar-refractivity contribution in [2.45, 2.75) is 13.3 Å². The van der Waals surface area contributed by atoms with Crippen molar-refractivity contribution in [3.8, 4) is 11.8 Å². The quantitative estimate of drug-likeness (QED) is 0.696. The van der Waals surface area contributed by atoms with Crippen LogP contribution in [-0.4, -0.2) is 23.7 Å². The first-order valence-electron chi connectivity index (χ1n) is 6.02. The van der Waals surface area contributed by atoms with Crippen molar-refractivity contribution < 1.29 is 19.4 Å². The van der Waals surface area contributed by atoms with Crippen LogP contribution in [0.1, 0.15) is 28.6 Å². The van der Waals surface area contributed by atoms with Crippen LogP contribution in [0.25, 0.3) is 10.1 Å². The van der Waals surface area contributed by atoms with Gasteiger partial charge in [0, 0.05) is 15.6 Å². The summed E-state index contributed by atoms with van der Waals surface area (Å²) in [6.45, 7) is 2.08. The number of hydrogen-bond donors (Lipinski definition) is 1. The van der Waals surface area contributed by atoms with E-state index < -0.39 is 5.97 Å². The van der Waals surface area contributed by atoms with E-state index in [1.165, 1.54) is 11.3 Å². The maximum Gasteiger partial charge on any atom is 0.345 e. The number of benzene rings is 1. The van der Waals surface area contributed by atoms with Crippen molar-refractivity contribution in [1.82, 2.24) is 0 Å². The van der Waals surface area contributed by atoms with Gasteiger partial charge < -0.3 is 9.84 Å². The molecule has 1 aromatic carbocycles. The van der Waals surface area contributed by atoms with Crippen molar-refractivity contribution in [2.24, 2.45) is 0 Å². The molecule has 0 aliphatic carbocycles. The standard InChI is InChI=1S/C15H12O4S/c1-2-19-14(16)8-4-6-10-5-3-7-12-11(10)9-13(20-12)15(17)18/h3,5,7,9H,2,8H2,1H3,(H,17,18). The minimum Gasteiger partial charge on any atom is -0.477 e. The molecule has 1 aromatic heterocycles. The van der Waals surface area contributed by atoms with E-state index >= 15 is 0 Å². The highest BCUT2D eigenvalue weighted by Crippen LogP contribution is 2.28. The van der Waals surface area contributed by atoms with E-state index in [9.17, 15) is 9.59 Å². The average molecular weight is 288 g/mol. The third-order valence-electron chi connectivity index (χ3n) is 2.53. The van der Waals surface area contributed by atoms with Crippen LogP contribution in [0.4, 0.5) is 0 Å². The lowest BCUT2D eigenvalue weighted by Crippen LogP contribution is -2.01. The molecule has 0 radical (unpaired) electrons. The van der Waals surface area contributed by atoms with Crippen LogP contribution in [0.15, 0.2) is 24.3 Å². The largest absolute Gasteiger partial charge is 0.477 e. The number of ether oxygens (including phenoxy) is 1. The molecule has 0 saturated carbocycles. The first-order valence-corrected chi connectivity index (χ1v) is 6.83. The topological polar surface area (TPSA) is 63.6 Å². The van der Waals surface area contributed by atoms with Gasteiger partial charge in [0.05, 0.1) is 6.61 Å². The second-order valence-electron chi connectivity index (χ2n) is 3.92. The number of thiophene rings is 1. The monoisotopic (exact) mass is 288 g/mol. The van der Waals surface area contributed by atoms with Gasteiger partial charge in [0.1, 0.15) is 11.3 Å². The molecule has 0 aliphatic rings. The lowest BCUT2D eigenvalue weighted by molar-refractivity contribution is -0.141. The zero-order valence-corrected chi connectivity index (χ0v) is 11.6. The van der Waals surface area contributed by atoms with E-state index in [1.807, 2.05) is 12.1 Å². The van der Waals surface area contributed by atoms with E-state index in [0.717, 1.165) is 15.6 Å². The molecule has 2 rings (SSSR count). The van der Waals surface area contributed by atoms with Crippen LogP contribution in [0.2, 0.25) is 0 Å². The van der Waals surface area contributed by atoms with Crippen molar-refractivity contribution >= 4 is 33.4 Å². The van der Waals surface area contributed by atoms with Gasteiger partial charge in [-0.05, 0) is 25.1 Å². The molecule has 0 bridgehead atoms. The summed E-state index contributed by atoms with van der Waals surface area (Å²) in [5.74, 6) is 4.34. The Balaban J connectivity index is 2.28. The first kappa shape index (κ1) is 14.1. The Labute approximate surface area is 120 Å². The van der Waals surface area contributed by atoms with Crippen LogP contribution in [0.3, 0.4) is 0 Å². The van der Waals surface area contributed by atoms with E-state index in [-0.39, 0.29) is 17.3 Å². The van der Waals surface area contributed by atoms with Crippen LogP contribution in [-0.2, 0) is 9.53 Å². The second-order valence-corrected chi connectivity index (χ2v) is 5.00. The molecular formula is C15H12O4S. The Bertz CT molecular complexity index is 718. The molecular weight excluding hydrogens is 276 g/mol. The zero-order chi connectivity index (χ0) is 14.5. The molecule has 0 unspecified atom stereocenters. The van der Waals surface area contributed by atoms with E-state index in [1.54, 1.807) is 19.1 Å². The molecule has 5 heteroatoms. The van der Waals surface area contributed by atoms with Gasteiger partial charge in [-0.3, -0.25) is 4.79 Å². The third kappa shape index (κ3) is 3.16. The summed E-state index contributed by atoms with van der Waals surface area (Å²) in [5, 5.41) is 9.80. The molecule has 2 aromatic rings. The van der Waals surface area contributed by atoms with E-state index in [2.05, 4.69) is 11.8 Å². The van der Waals surface area contributed by atoms with Gasteiger partial charge in [0.15, 0.2) is 0 Å². The Hall–Kier alpha value is -2.32. The lowest BCUT2D eigenvalue weighted by atomic mass is 10.1. The van der Waals surface area contributed by atoms with Crippen LogP contribution < -0.4 is 0 Å². The van der Waals surface area contributed by atoms with Gasteiger partial charge in [-0.2, -0.15) is 0 Å². The normalized spacial score (nSPS) is 9.85. The summed E-state index contributed by atoms with van der Waals surface area (Å²) in [7, 11) is 0. The molecule has 0 spiro atoms. The van der Waals surface area contributed by atoms with Gasteiger partial charge in [-0.1, -0.05) is 17.9 Å². The summed E-state index contributed by atoms with van der Waals surface area (Å²) in [6.07, 6.45) is 0.0279. The molecule has 20 heavy (non-hydrogen) atoms. The lowest BCUT2D eigenvalue weighted by Gasteiger charge is -1.95. The summed E-state index contributed by atoms with van der Waals surface area (Å²) in [4.78, 5) is 22.4. The van der Waals surface area contributed by atoms with Crippen LogP contribution in [0.5, 0.6) is 0 Å². The third-order valence-corrected chi connectivity index (χ3v) is 3.62. The van der Waals surface area contributed by atoms with Crippen molar-refractivity contribution in [3.05, 3.63) is 34.7 Å². The first-order chi connectivity index (χ1) is 9.61. The molecule has 4 nitrogen and oxygen atoms in total. The summed E-state index contributed by atoms with van der Waals surface area (Å²) >= 11 is 1.21. The molecule has 1 heterocycles. The highest BCUT2D eigenvalue weighted by Gasteiger charge is 2.09. The molecule has 0 saturated heterocycles. The fourth-order valence-corrected chi connectivity index (χ4v) is 2.63. The van der Waals surface area contributed by atoms with Crippen molar-refractivity contribution in [2.75, 3.05) is 6.61 Å². The average Bonchev–Trinajstić information content (AvgIpc) is 2.84. The predicted octanol–water partition coefficient (Wildman–Crippen LogP) is 2.90. The smallest absolute Gasteiger partial charge is 0.345 e. The number of aromatic carboxylic acids is 1. The Morgan fingerprint density at radius 1 is 1.40 bits per heavy atom. The number of hydrogen-bond acceptors (Lipinski definition) is 4. The maximum atomic E-state index is 11.2. The molecule has 0 fully saturated rings. The van der Waals surface area contributed by atoms with Crippen LogP contribution in [0, 0.1) is 11.8 Å². The van der Waals surface area contributed by atoms with Crippen LogP contribution >= 0.6 is 11.3 Å². The predicted molar refractivity (Wildman–Crippen MR) is 76.9 cm³/mol. The number of rotatable bonds is 3. The highest BCUT2D eigenvalue weighted by molar-refractivity contribution is 7.20. The number of esters is 1. The van der Waals surface area contributed by atoms with Crippen molar-refractivity contribution in [1.29, 1.82) is 0 Å². The van der Waals surface area contributed by atoms with Crippen molar-refractivity contribution in [3.63, 3.8) is 0 Å². The Morgan fingerprint density at radius 2 is 2.20 bits per heavy atom. The SMILES string of the molecule is CCOC(=O)CC#Cc1cccc2sc(C(=O)O)cc12. The molecule has 0 atom stereocenters. The number of fused-ring (bicyclic) bond motifs is 1. The minimum atomic E-state index is -0.948. The zero-order valence-electron chi connectivity index (χ0n) is 10.8. The highest BCUT2D eigenvalue weighted by atomic mass is 32.1. The van der Waals surface area contributed by atoms with Gasteiger partial charge in [0.25, 0.3) is 0 Å². The van der Waals surface area contributed by atoms with Gasteiger partial charge in [-0.25, -0.2) is 4.79 Å². The Kier molecular flexibility index (Phi) is 4.38. The second kappa shape index (κ2) is 6.22. The number of carboxylic acid groups (broad SMARTS) is 1. The van der Waals surface area contributed by atoms with E-state index in [4.69, 9.17) is 9.84 Å². The van der Waals surface area contributed by atoms with Gasteiger partial charge in [0.2, 0.25) is 0 Å². The van der Waals surface area contributed by atoms with E-state index in [0.29, 0.717) is 6.61 Å². The number of carbonyl (C=O) groups is 2. The van der Waals surface area contributed by atoms with Gasteiger partial charge >= 0.3 is 11.9 Å². The summed E-state index contributed by atoms with van der Waals surface area (Å²) < 4.78 is 5.65. The fraction of sp³-hybridized carbons (Fsp3) is 0.200. The molecule has 0 amide bonds. The fourth-order valence-electron chi connectivity index (χ4n) is 1.70. The summed E-state index contributed by atoms with van der Waals surface area (Å²) in [6, 6.07) is 7.08. The molecule has 1 N–H and O–H groups in total.